The first-order valence-electron chi connectivity index (χ1n) is 10.1. The third-order valence-electron chi connectivity index (χ3n) is 5.51. The molecule has 158 valence electrons. The number of hydrogen-bond donors (Lipinski definition) is 3. The number of quaternary nitrogens is 1. The van der Waals surface area contributed by atoms with Gasteiger partial charge >= 0.3 is 0 Å². The predicted molar refractivity (Wildman–Crippen MR) is 115 cm³/mol. The van der Waals surface area contributed by atoms with E-state index in [9.17, 15) is 9.18 Å². The van der Waals surface area contributed by atoms with Gasteiger partial charge in [0.2, 0.25) is 0 Å². The number of nitrogens with two attached hydrogens (primary N) is 1. The average Bonchev–Trinajstić information content (AvgIpc) is 3.10. The molecule has 0 fully saturated rings. The maximum atomic E-state index is 14.1. The van der Waals surface area contributed by atoms with Gasteiger partial charge in [-0.1, -0.05) is 12.1 Å². The van der Waals surface area contributed by atoms with Crippen molar-refractivity contribution in [3.05, 3.63) is 83.3 Å². The summed E-state index contributed by atoms with van der Waals surface area (Å²) in [5.41, 5.74) is 12.9. The van der Waals surface area contributed by atoms with Crippen molar-refractivity contribution >= 4 is 17.3 Å². The molecule has 0 radical (unpaired) electrons. The first-order valence-corrected chi connectivity index (χ1v) is 10.1. The number of hydrogen-bond acceptors (Lipinski definition) is 4. The Kier molecular flexibility index (Phi) is 5.73. The van der Waals surface area contributed by atoms with Gasteiger partial charge in [-0.25, -0.2) is 14.9 Å². The maximum absolute atomic E-state index is 14.1. The van der Waals surface area contributed by atoms with Gasteiger partial charge in [-0.3, -0.25) is 4.79 Å². The van der Waals surface area contributed by atoms with Crippen LogP contribution in [0.15, 0.2) is 60.2 Å². The lowest BCUT2D eigenvalue weighted by molar-refractivity contribution is -0.611. The van der Waals surface area contributed by atoms with E-state index < -0.39 is 6.04 Å². The van der Waals surface area contributed by atoms with E-state index in [0.717, 1.165) is 22.5 Å². The number of aryl methyl sites for hydroxylation is 2. The van der Waals surface area contributed by atoms with E-state index in [2.05, 4.69) is 15.4 Å². The lowest BCUT2D eigenvalue weighted by Crippen LogP contribution is -2.87. The van der Waals surface area contributed by atoms with Crippen molar-refractivity contribution in [3.63, 3.8) is 0 Å². The van der Waals surface area contributed by atoms with E-state index in [4.69, 9.17) is 5.53 Å². The molecule has 1 aliphatic rings. The molecule has 2 aromatic carbocycles. The molecule has 0 bridgehead atoms. The lowest BCUT2D eigenvalue weighted by Gasteiger charge is -2.11. The molecule has 1 amide bonds. The molecular weight excluding hydrogens is 395 g/mol. The number of fused-ring (bicyclic) bond motifs is 1. The highest BCUT2D eigenvalue weighted by molar-refractivity contribution is 5.95. The van der Waals surface area contributed by atoms with E-state index >= 15 is 0 Å². The molecule has 0 saturated heterocycles. The summed E-state index contributed by atoms with van der Waals surface area (Å²) in [5, 5.41) is 8.21. The zero-order valence-electron chi connectivity index (χ0n) is 17.4. The summed E-state index contributed by atoms with van der Waals surface area (Å²) in [6.45, 7) is 3.93. The van der Waals surface area contributed by atoms with E-state index in [0.29, 0.717) is 29.8 Å². The van der Waals surface area contributed by atoms with Gasteiger partial charge in [0.15, 0.2) is 6.04 Å². The topological polar surface area (TPSA) is 99.7 Å². The van der Waals surface area contributed by atoms with Crippen LogP contribution in [0.3, 0.4) is 0 Å². The lowest BCUT2D eigenvalue weighted by atomic mass is 10.0. The molecule has 1 aromatic heterocycles. The number of aromatic nitrogens is 2. The van der Waals surface area contributed by atoms with Crippen molar-refractivity contribution in [2.24, 2.45) is 5.11 Å². The molecule has 0 spiro atoms. The smallest absolute Gasteiger partial charge is 0.283 e. The average molecular weight is 419 g/mol. The fourth-order valence-electron chi connectivity index (χ4n) is 3.83. The van der Waals surface area contributed by atoms with Crippen molar-refractivity contribution in [3.8, 4) is 5.69 Å². The summed E-state index contributed by atoms with van der Waals surface area (Å²) in [6, 6.07) is 10.1. The maximum Gasteiger partial charge on any atom is 0.283 e. The highest BCUT2D eigenvalue weighted by atomic mass is 19.1. The Morgan fingerprint density at radius 1 is 1.35 bits per heavy atom. The van der Waals surface area contributed by atoms with Crippen LogP contribution in [-0.4, -0.2) is 21.5 Å². The standard InChI is InChI=1S/C23H23FN6O/c1-14-10-16(6-9-22(14)30-12-15(2)27-13-30)21(29-25)11-26-20-8-7-17-18(24)4-3-5-19(17)28-23(20)31/h3-6,9-13,20,25-26H,7-8H2,1-2H3,(H,28,31)/p+1/b21-11-,29-25?. The summed E-state index contributed by atoms with van der Waals surface area (Å²) in [7, 11) is 0. The van der Waals surface area contributed by atoms with Crippen molar-refractivity contribution in [1.29, 1.82) is 5.53 Å². The van der Waals surface area contributed by atoms with Crippen molar-refractivity contribution in [2.75, 3.05) is 5.32 Å². The van der Waals surface area contributed by atoms with E-state index in [1.807, 2.05) is 42.8 Å². The molecule has 1 atom stereocenters. The Morgan fingerprint density at radius 3 is 2.90 bits per heavy atom. The van der Waals surface area contributed by atoms with Crippen LogP contribution >= 0.6 is 0 Å². The number of rotatable bonds is 5. The SMILES string of the molecule is Cc1cn(-c2ccc(/C(=C/[NH2+]C3CCc4c(F)cccc4NC3=O)N=N)cc2C)cn1. The minimum Gasteiger partial charge on any atom is -0.321 e. The number of carbonyl (C=O) groups excluding carboxylic acids is 1. The Balaban J connectivity index is 1.53. The van der Waals surface area contributed by atoms with Crippen LogP contribution in [0.25, 0.3) is 11.4 Å². The van der Waals surface area contributed by atoms with Crippen LogP contribution in [0.5, 0.6) is 0 Å². The quantitative estimate of drug-likeness (QED) is 0.552. The Bertz CT molecular complexity index is 1180. The zero-order chi connectivity index (χ0) is 22.0. The summed E-state index contributed by atoms with van der Waals surface area (Å²) < 4.78 is 16.0. The highest BCUT2D eigenvalue weighted by Gasteiger charge is 2.27. The summed E-state index contributed by atoms with van der Waals surface area (Å²) in [6.07, 6.45) is 6.36. The second-order valence-electron chi connectivity index (χ2n) is 7.68. The monoisotopic (exact) mass is 419 g/mol. The van der Waals surface area contributed by atoms with Crippen LogP contribution in [0.1, 0.15) is 28.8 Å². The molecule has 1 aliphatic heterocycles. The normalized spacial score (nSPS) is 16.4. The second kappa shape index (κ2) is 8.61. The summed E-state index contributed by atoms with van der Waals surface area (Å²) in [5.74, 6) is -0.494. The van der Waals surface area contributed by atoms with Crippen LogP contribution in [0, 0.1) is 25.2 Å². The predicted octanol–water partition coefficient (Wildman–Crippen LogP) is 3.47. The molecule has 4 N–H and O–H groups in total. The Morgan fingerprint density at radius 2 is 2.19 bits per heavy atom. The largest absolute Gasteiger partial charge is 0.321 e. The molecule has 1 unspecified atom stereocenters. The fourth-order valence-corrected chi connectivity index (χ4v) is 3.83. The van der Waals surface area contributed by atoms with E-state index in [1.54, 1.807) is 30.0 Å². The fraction of sp³-hybridized carbons (Fsp3) is 0.217. The van der Waals surface area contributed by atoms with Gasteiger partial charge < -0.3 is 15.2 Å². The third kappa shape index (κ3) is 4.29. The molecule has 8 heteroatoms. The number of carbonyl (C=O) groups is 1. The number of amides is 1. The van der Waals surface area contributed by atoms with Gasteiger partial charge in [0, 0.05) is 35.1 Å². The van der Waals surface area contributed by atoms with Crippen LogP contribution in [-0.2, 0) is 11.2 Å². The number of nitrogens with one attached hydrogen (secondary N) is 2. The second-order valence-corrected chi connectivity index (χ2v) is 7.68. The van der Waals surface area contributed by atoms with E-state index in [-0.39, 0.29) is 11.7 Å². The van der Waals surface area contributed by atoms with Crippen molar-refractivity contribution < 1.29 is 14.5 Å². The summed E-state index contributed by atoms with van der Waals surface area (Å²) >= 11 is 0. The molecule has 4 rings (SSSR count). The van der Waals surface area contributed by atoms with Crippen LogP contribution in [0.2, 0.25) is 0 Å². The highest BCUT2D eigenvalue weighted by Crippen LogP contribution is 2.24. The summed E-state index contributed by atoms with van der Waals surface area (Å²) in [4.78, 5) is 16.9. The van der Waals surface area contributed by atoms with Crippen LogP contribution in [0.4, 0.5) is 10.1 Å². The Hall–Kier alpha value is -3.65. The van der Waals surface area contributed by atoms with E-state index in [1.165, 1.54) is 6.07 Å². The number of anilines is 1. The van der Waals surface area contributed by atoms with Gasteiger partial charge in [0.1, 0.15) is 17.7 Å². The number of nitrogens with zero attached hydrogens (tertiary/aromatic N) is 3. The molecule has 0 aliphatic carbocycles. The van der Waals surface area contributed by atoms with Gasteiger partial charge in [-0.15, -0.1) is 0 Å². The molecule has 31 heavy (non-hydrogen) atoms. The minimum atomic E-state index is -0.433. The molecular formula is C23H24FN6O+. The van der Waals surface area contributed by atoms with Gasteiger partial charge in [0.25, 0.3) is 5.91 Å². The molecule has 3 aromatic rings. The minimum absolute atomic E-state index is 0.188. The van der Waals surface area contributed by atoms with Crippen molar-refractivity contribution in [1.82, 2.24) is 9.55 Å². The molecule has 7 nitrogen and oxygen atoms in total. The molecule has 0 saturated carbocycles. The molecule has 2 heterocycles. The van der Waals surface area contributed by atoms with Crippen LogP contribution < -0.4 is 10.6 Å². The number of halogens is 1. The third-order valence-corrected chi connectivity index (χ3v) is 5.51. The van der Waals surface area contributed by atoms with Gasteiger partial charge in [-0.2, -0.15) is 5.11 Å². The van der Waals surface area contributed by atoms with Gasteiger partial charge in [0.05, 0.1) is 12.0 Å². The first-order chi connectivity index (χ1) is 15.0. The number of imidazole rings is 1. The first kappa shape index (κ1) is 20.6. The van der Waals surface area contributed by atoms with Crippen molar-refractivity contribution in [2.45, 2.75) is 32.7 Å². The Labute approximate surface area is 179 Å². The number of benzene rings is 2. The zero-order valence-corrected chi connectivity index (χ0v) is 17.4. The van der Waals surface area contributed by atoms with Gasteiger partial charge in [-0.05, 0) is 50.1 Å².